The summed E-state index contributed by atoms with van der Waals surface area (Å²) in [5.74, 6) is 0.805. The van der Waals surface area contributed by atoms with Crippen LogP contribution in [0.4, 0.5) is 0 Å². The number of nitrogens with two attached hydrogens (primary N) is 1. The lowest BCUT2D eigenvalue weighted by molar-refractivity contribution is 0.315. The van der Waals surface area contributed by atoms with Gasteiger partial charge in [0.25, 0.3) is 0 Å². The molecular weight excluding hydrogens is 248 g/mol. The van der Waals surface area contributed by atoms with E-state index in [0.29, 0.717) is 6.61 Å². The molecular formula is C17H22N2O. The minimum Gasteiger partial charge on any atom is -0.492 e. The van der Waals surface area contributed by atoms with Crippen molar-refractivity contribution in [3.63, 3.8) is 0 Å². The lowest BCUT2D eigenvalue weighted by Gasteiger charge is -2.13. The molecule has 0 saturated heterocycles. The van der Waals surface area contributed by atoms with Gasteiger partial charge in [0, 0.05) is 12.2 Å². The summed E-state index contributed by atoms with van der Waals surface area (Å²) in [6.45, 7) is 2.80. The van der Waals surface area contributed by atoms with E-state index in [-0.39, 0.29) is 6.04 Å². The zero-order chi connectivity index (χ0) is 14.2. The van der Waals surface area contributed by atoms with Crippen LogP contribution in [0.3, 0.4) is 0 Å². The van der Waals surface area contributed by atoms with Crippen LogP contribution in [-0.4, -0.2) is 11.6 Å². The number of rotatable bonds is 7. The van der Waals surface area contributed by atoms with Crippen molar-refractivity contribution < 1.29 is 4.74 Å². The first-order chi connectivity index (χ1) is 9.79. The average molecular weight is 270 g/mol. The van der Waals surface area contributed by atoms with Gasteiger partial charge in [0.05, 0.1) is 12.8 Å². The standard InChI is InChI=1S/C17H22N2O/c1-2-10-20-16-11-15(12-19-13-16)17(18)9-8-14-6-4-3-5-7-14/h3-7,11-13,17H,2,8-10,18H2,1H3. The Morgan fingerprint density at radius 1 is 1.20 bits per heavy atom. The summed E-state index contributed by atoms with van der Waals surface area (Å²) in [5.41, 5.74) is 8.60. The molecule has 0 amide bonds. The molecule has 2 aromatic rings. The second-order valence-electron chi connectivity index (χ2n) is 4.93. The van der Waals surface area contributed by atoms with E-state index in [4.69, 9.17) is 10.5 Å². The fraction of sp³-hybridized carbons (Fsp3) is 0.353. The number of hydrogen-bond acceptors (Lipinski definition) is 3. The zero-order valence-electron chi connectivity index (χ0n) is 12.0. The highest BCUT2D eigenvalue weighted by Crippen LogP contribution is 2.20. The van der Waals surface area contributed by atoms with Crippen molar-refractivity contribution >= 4 is 0 Å². The van der Waals surface area contributed by atoms with Gasteiger partial charge in [0.1, 0.15) is 5.75 Å². The lowest BCUT2D eigenvalue weighted by atomic mass is 10.0. The summed E-state index contributed by atoms with van der Waals surface area (Å²) >= 11 is 0. The van der Waals surface area contributed by atoms with E-state index in [1.54, 1.807) is 6.20 Å². The number of nitrogens with zero attached hydrogens (tertiary/aromatic N) is 1. The smallest absolute Gasteiger partial charge is 0.137 e. The number of benzene rings is 1. The third kappa shape index (κ3) is 4.35. The van der Waals surface area contributed by atoms with Gasteiger partial charge in [-0.15, -0.1) is 0 Å². The van der Waals surface area contributed by atoms with Crippen molar-refractivity contribution in [2.75, 3.05) is 6.61 Å². The Morgan fingerprint density at radius 2 is 2.00 bits per heavy atom. The molecule has 0 bridgehead atoms. The first-order valence-electron chi connectivity index (χ1n) is 7.17. The Balaban J connectivity index is 1.93. The number of ether oxygens (including phenoxy) is 1. The summed E-state index contributed by atoms with van der Waals surface area (Å²) in [4.78, 5) is 4.21. The maximum Gasteiger partial charge on any atom is 0.137 e. The highest BCUT2D eigenvalue weighted by atomic mass is 16.5. The third-order valence-electron chi connectivity index (χ3n) is 3.22. The summed E-state index contributed by atoms with van der Waals surface area (Å²) in [6, 6.07) is 12.4. The van der Waals surface area contributed by atoms with Crippen LogP contribution < -0.4 is 10.5 Å². The summed E-state index contributed by atoms with van der Waals surface area (Å²) in [5, 5.41) is 0. The lowest BCUT2D eigenvalue weighted by Crippen LogP contribution is -2.12. The molecule has 2 N–H and O–H groups in total. The second-order valence-corrected chi connectivity index (χ2v) is 4.93. The van der Waals surface area contributed by atoms with Gasteiger partial charge in [0.15, 0.2) is 0 Å². The first kappa shape index (κ1) is 14.5. The zero-order valence-corrected chi connectivity index (χ0v) is 12.0. The van der Waals surface area contributed by atoms with Crippen molar-refractivity contribution in [1.82, 2.24) is 4.98 Å². The molecule has 1 unspecified atom stereocenters. The normalized spacial score (nSPS) is 12.1. The van der Waals surface area contributed by atoms with Crippen LogP contribution in [0, 0.1) is 0 Å². The molecule has 20 heavy (non-hydrogen) atoms. The Bertz CT molecular complexity index is 513. The van der Waals surface area contributed by atoms with Crippen LogP contribution in [0.25, 0.3) is 0 Å². The quantitative estimate of drug-likeness (QED) is 0.837. The predicted octanol–water partition coefficient (Wildman–Crippen LogP) is 3.50. The van der Waals surface area contributed by atoms with Gasteiger partial charge in [-0.2, -0.15) is 0 Å². The van der Waals surface area contributed by atoms with Crippen LogP contribution >= 0.6 is 0 Å². The van der Waals surface area contributed by atoms with Crippen LogP contribution in [0.1, 0.15) is 36.9 Å². The molecule has 0 spiro atoms. The Hall–Kier alpha value is -1.87. The predicted molar refractivity (Wildman–Crippen MR) is 81.7 cm³/mol. The fourth-order valence-electron chi connectivity index (χ4n) is 2.07. The molecule has 0 saturated carbocycles. The van der Waals surface area contributed by atoms with Gasteiger partial charge < -0.3 is 10.5 Å². The molecule has 1 aromatic heterocycles. The average Bonchev–Trinajstić information content (AvgIpc) is 2.52. The van der Waals surface area contributed by atoms with Gasteiger partial charge in [-0.1, -0.05) is 37.3 Å². The van der Waals surface area contributed by atoms with E-state index < -0.39 is 0 Å². The molecule has 2 rings (SSSR count). The number of hydrogen-bond donors (Lipinski definition) is 1. The van der Waals surface area contributed by atoms with E-state index >= 15 is 0 Å². The van der Waals surface area contributed by atoms with Crippen LogP contribution in [-0.2, 0) is 6.42 Å². The van der Waals surface area contributed by atoms with Crippen molar-refractivity contribution in [3.8, 4) is 5.75 Å². The van der Waals surface area contributed by atoms with Gasteiger partial charge in [-0.3, -0.25) is 4.98 Å². The van der Waals surface area contributed by atoms with E-state index in [1.807, 2.05) is 18.3 Å². The first-order valence-corrected chi connectivity index (χ1v) is 7.17. The molecule has 0 aliphatic carbocycles. The molecule has 0 aliphatic heterocycles. The van der Waals surface area contributed by atoms with Crippen LogP contribution in [0.2, 0.25) is 0 Å². The highest BCUT2D eigenvalue weighted by Gasteiger charge is 2.08. The second kappa shape index (κ2) is 7.65. The molecule has 0 aliphatic rings. The molecule has 3 heteroatoms. The molecule has 1 heterocycles. The van der Waals surface area contributed by atoms with Crippen LogP contribution in [0.5, 0.6) is 5.75 Å². The molecule has 106 valence electrons. The van der Waals surface area contributed by atoms with E-state index in [2.05, 4.69) is 36.2 Å². The van der Waals surface area contributed by atoms with Crippen molar-refractivity contribution in [2.45, 2.75) is 32.2 Å². The Kier molecular flexibility index (Phi) is 5.56. The van der Waals surface area contributed by atoms with Gasteiger partial charge in [-0.05, 0) is 36.5 Å². The van der Waals surface area contributed by atoms with Crippen LogP contribution in [0.15, 0.2) is 48.8 Å². The summed E-state index contributed by atoms with van der Waals surface area (Å²) < 4.78 is 5.59. The third-order valence-corrected chi connectivity index (χ3v) is 3.22. The molecule has 0 fully saturated rings. The highest BCUT2D eigenvalue weighted by molar-refractivity contribution is 5.26. The molecule has 3 nitrogen and oxygen atoms in total. The minimum atomic E-state index is -0.00659. The van der Waals surface area contributed by atoms with E-state index in [1.165, 1.54) is 5.56 Å². The van der Waals surface area contributed by atoms with Gasteiger partial charge in [-0.25, -0.2) is 0 Å². The largest absolute Gasteiger partial charge is 0.492 e. The fourth-order valence-corrected chi connectivity index (χ4v) is 2.07. The summed E-state index contributed by atoms with van der Waals surface area (Å²) in [6.07, 6.45) is 6.44. The monoisotopic (exact) mass is 270 g/mol. The topological polar surface area (TPSA) is 48.1 Å². The minimum absolute atomic E-state index is 0.00659. The van der Waals surface area contributed by atoms with Crippen molar-refractivity contribution in [2.24, 2.45) is 5.73 Å². The molecule has 1 atom stereocenters. The van der Waals surface area contributed by atoms with E-state index in [9.17, 15) is 0 Å². The SMILES string of the molecule is CCCOc1cncc(C(N)CCc2ccccc2)c1. The number of pyridine rings is 1. The Labute approximate surface area is 120 Å². The molecule has 0 radical (unpaired) electrons. The maximum absolute atomic E-state index is 6.24. The molecule has 1 aromatic carbocycles. The number of aromatic nitrogens is 1. The van der Waals surface area contributed by atoms with Crippen molar-refractivity contribution in [1.29, 1.82) is 0 Å². The van der Waals surface area contributed by atoms with Gasteiger partial charge in [0.2, 0.25) is 0 Å². The van der Waals surface area contributed by atoms with E-state index in [0.717, 1.165) is 30.6 Å². The summed E-state index contributed by atoms with van der Waals surface area (Å²) in [7, 11) is 0. The number of aryl methyl sites for hydroxylation is 1. The maximum atomic E-state index is 6.24. The van der Waals surface area contributed by atoms with Gasteiger partial charge >= 0.3 is 0 Å². The Morgan fingerprint density at radius 3 is 2.75 bits per heavy atom. The van der Waals surface area contributed by atoms with Crippen molar-refractivity contribution in [3.05, 3.63) is 59.9 Å².